The van der Waals surface area contributed by atoms with Crippen LogP contribution in [0.4, 0.5) is 0 Å². The van der Waals surface area contributed by atoms with Crippen molar-refractivity contribution >= 4 is 23.6 Å². The number of hydrogen-bond acceptors (Lipinski definition) is 4. The van der Waals surface area contributed by atoms with Crippen molar-refractivity contribution in [3.05, 3.63) is 60.2 Å². The van der Waals surface area contributed by atoms with Crippen LogP contribution in [0.5, 0.6) is 5.75 Å². The molecule has 3 heterocycles. The normalized spacial score (nSPS) is 19.5. The van der Waals surface area contributed by atoms with E-state index in [2.05, 4.69) is 46.9 Å². The third kappa shape index (κ3) is 3.49. The van der Waals surface area contributed by atoms with Crippen molar-refractivity contribution < 1.29 is 14.3 Å². The summed E-state index contributed by atoms with van der Waals surface area (Å²) < 4.78 is 6.43. The molecule has 1 spiro atoms. The number of hydrogen-bond donors (Lipinski definition) is 1. The van der Waals surface area contributed by atoms with Gasteiger partial charge in [0.15, 0.2) is 0 Å². The SMILES string of the molecule is O=C1CCC(C(=O)N2CCC3(C=Cc4cc(-c5ccccc5)ccc4O3)CC2)=NN1. The minimum Gasteiger partial charge on any atom is -0.482 e. The summed E-state index contributed by atoms with van der Waals surface area (Å²) in [5, 5.41) is 3.93. The number of piperidine rings is 1. The zero-order valence-corrected chi connectivity index (χ0v) is 16.6. The van der Waals surface area contributed by atoms with Gasteiger partial charge in [0.2, 0.25) is 5.91 Å². The molecule has 1 N–H and O–H groups in total. The first-order valence-corrected chi connectivity index (χ1v) is 10.3. The lowest BCUT2D eigenvalue weighted by Crippen LogP contribution is -2.51. The Balaban J connectivity index is 1.27. The maximum atomic E-state index is 12.7. The molecule has 5 rings (SSSR count). The summed E-state index contributed by atoms with van der Waals surface area (Å²) in [4.78, 5) is 25.7. The van der Waals surface area contributed by atoms with Gasteiger partial charge in [0.1, 0.15) is 17.1 Å². The summed E-state index contributed by atoms with van der Waals surface area (Å²) >= 11 is 0. The van der Waals surface area contributed by atoms with Gasteiger partial charge in [-0.2, -0.15) is 5.10 Å². The van der Waals surface area contributed by atoms with Crippen molar-refractivity contribution in [3.8, 4) is 16.9 Å². The number of amides is 2. The van der Waals surface area contributed by atoms with Crippen molar-refractivity contribution in [2.45, 2.75) is 31.3 Å². The lowest BCUT2D eigenvalue weighted by Gasteiger charge is -2.42. The van der Waals surface area contributed by atoms with Gasteiger partial charge in [-0.05, 0) is 29.3 Å². The van der Waals surface area contributed by atoms with Crippen molar-refractivity contribution in [2.75, 3.05) is 13.1 Å². The molecule has 0 bridgehead atoms. The standard InChI is InChI=1S/C24H23N3O3/c28-22-9-7-20(25-26-22)23(29)27-14-12-24(13-15-27)11-10-19-16-18(6-8-21(19)30-24)17-4-2-1-3-5-17/h1-6,8,10-11,16H,7,9,12-15H2,(H,26,28). The summed E-state index contributed by atoms with van der Waals surface area (Å²) in [7, 11) is 0. The van der Waals surface area contributed by atoms with Crippen LogP contribution in [0.1, 0.15) is 31.2 Å². The van der Waals surface area contributed by atoms with Crippen LogP contribution in [0.2, 0.25) is 0 Å². The molecule has 2 amide bonds. The Labute approximate surface area is 175 Å². The van der Waals surface area contributed by atoms with Gasteiger partial charge in [-0.25, -0.2) is 5.43 Å². The maximum Gasteiger partial charge on any atom is 0.270 e. The first-order valence-electron chi connectivity index (χ1n) is 10.3. The molecule has 0 unspecified atom stereocenters. The Morgan fingerprint density at radius 1 is 1.03 bits per heavy atom. The van der Waals surface area contributed by atoms with Gasteiger partial charge in [-0.3, -0.25) is 9.59 Å². The molecule has 1 saturated heterocycles. The third-order valence-corrected chi connectivity index (χ3v) is 6.05. The Morgan fingerprint density at radius 3 is 2.57 bits per heavy atom. The average molecular weight is 401 g/mol. The van der Waals surface area contributed by atoms with E-state index in [9.17, 15) is 9.59 Å². The fourth-order valence-corrected chi connectivity index (χ4v) is 4.24. The number of benzene rings is 2. The number of carbonyl (C=O) groups excluding carboxylic acids is 2. The van der Waals surface area contributed by atoms with Crippen LogP contribution in [-0.2, 0) is 9.59 Å². The quantitative estimate of drug-likeness (QED) is 0.839. The molecule has 0 saturated carbocycles. The molecule has 6 heteroatoms. The van der Waals surface area contributed by atoms with Gasteiger partial charge in [-0.1, -0.05) is 42.5 Å². The van der Waals surface area contributed by atoms with Gasteiger partial charge in [-0.15, -0.1) is 0 Å². The smallest absolute Gasteiger partial charge is 0.270 e. The third-order valence-electron chi connectivity index (χ3n) is 6.05. The van der Waals surface area contributed by atoms with E-state index in [0.717, 1.165) is 24.2 Å². The number of likely N-dealkylation sites (tertiary alicyclic amines) is 1. The summed E-state index contributed by atoms with van der Waals surface area (Å²) in [5.74, 6) is 0.660. The van der Waals surface area contributed by atoms with E-state index in [4.69, 9.17) is 4.74 Å². The minimum absolute atomic E-state index is 0.0856. The number of nitrogens with one attached hydrogen (secondary N) is 1. The molecule has 3 aliphatic rings. The molecule has 0 radical (unpaired) electrons. The first-order chi connectivity index (χ1) is 14.6. The molecule has 0 atom stereocenters. The number of hydrazone groups is 1. The van der Waals surface area contributed by atoms with Crippen LogP contribution in [0.3, 0.4) is 0 Å². The van der Waals surface area contributed by atoms with E-state index in [1.54, 1.807) is 0 Å². The summed E-state index contributed by atoms with van der Waals surface area (Å²) in [6.07, 6.45) is 6.47. The second-order valence-electron chi connectivity index (χ2n) is 8.00. The lowest BCUT2D eigenvalue weighted by atomic mass is 9.87. The number of rotatable bonds is 2. The van der Waals surface area contributed by atoms with E-state index in [-0.39, 0.29) is 17.4 Å². The number of carbonyl (C=O) groups is 2. The Kier molecular flexibility index (Phi) is 4.62. The predicted octanol–water partition coefficient (Wildman–Crippen LogP) is 3.39. The topological polar surface area (TPSA) is 71.0 Å². The molecule has 0 aliphatic carbocycles. The van der Waals surface area contributed by atoms with Crippen LogP contribution in [0.25, 0.3) is 17.2 Å². The zero-order valence-electron chi connectivity index (χ0n) is 16.6. The number of ether oxygens (including phenoxy) is 1. The first kappa shape index (κ1) is 18.6. The summed E-state index contributed by atoms with van der Waals surface area (Å²) in [5.41, 5.74) is 5.89. The molecule has 1 fully saturated rings. The molecule has 30 heavy (non-hydrogen) atoms. The van der Waals surface area contributed by atoms with Gasteiger partial charge >= 0.3 is 0 Å². The Hall–Kier alpha value is -3.41. The van der Waals surface area contributed by atoms with Gasteiger partial charge < -0.3 is 9.64 Å². The van der Waals surface area contributed by atoms with Crippen molar-refractivity contribution in [1.29, 1.82) is 0 Å². The highest BCUT2D eigenvalue weighted by molar-refractivity contribution is 6.39. The molecule has 2 aromatic carbocycles. The minimum atomic E-state index is -0.374. The molecule has 2 aromatic rings. The van der Waals surface area contributed by atoms with Crippen LogP contribution in [0, 0.1) is 0 Å². The lowest BCUT2D eigenvalue weighted by molar-refractivity contribution is -0.127. The molecular weight excluding hydrogens is 378 g/mol. The van der Waals surface area contributed by atoms with Crippen LogP contribution < -0.4 is 10.2 Å². The highest BCUT2D eigenvalue weighted by Crippen LogP contribution is 2.38. The van der Waals surface area contributed by atoms with Crippen LogP contribution in [0.15, 0.2) is 59.7 Å². The van der Waals surface area contributed by atoms with Crippen molar-refractivity contribution in [1.82, 2.24) is 10.3 Å². The van der Waals surface area contributed by atoms with Crippen molar-refractivity contribution in [3.63, 3.8) is 0 Å². The Bertz CT molecular complexity index is 1050. The van der Waals surface area contributed by atoms with E-state index in [0.29, 0.717) is 31.6 Å². The van der Waals surface area contributed by atoms with Crippen LogP contribution in [-0.4, -0.2) is 41.1 Å². The molecule has 0 aromatic heterocycles. The fraction of sp³-hybridized carbons (Fsp3) is 0.292. The van der Waals surface area contributed by atoms with Crippen molar-refractivity contribution in [2.24, 2.45) is 5.10 Å². The highest BCUT2D eigenvalue weighted by Gasteiger charge is 2.38. The monoisotopic (exact) mass is 401 g/mol. The average Bonchev–Trinajstić information content (AvgIpc) is 2.80. The predicted molar refractivity (Wildman–Crippen MR) is 115 cm³/mol. The van der Waals surface area contributed by atoms with E-state index >= 15 is 0 Å². The molecule has 6 nitrogen and oxygen atoms in total. The largest absolute Gasteiger partial charge is 0.482 e. The summed E-state index contributed by atoms with van der Waals surface area (Å²) in [6.45, 7) is 1.21. The van der Waals surface area contributed by atoms with E-state index in [1.165, 1.54) is 11.1 Å². The number of nitrogens with zero attached hydrogens (tertiary/aromatic N) is 2. The second-order valence-corrected chi connectivity index (χ2v) is 8.00. The number of fused-ring (bicyclic) bond motifs is 1. The second kappa shape index (κ2) is 7.44. The fourth-order valence-electron chi connectivity index (χ4n) is 4.24. The zero-order chi connectivity index (χ0) is 20.6. The van der Waals surface area contributed by atoms with Gasteiger partial charge in [0.05, 0.1) is 0 Å². The molecule has 3 aliphatic heterocycles. The Morgan fingerprint density at radius 2 is 1.83 bits per heavy atom. The van der Waals surface area contributed by atoms with Crippen LogP contribution >= 0.6 is 0 Å². The van der Waals surface area contributed by atoms with E-state index in [1.807, 2.05) is 29.2 Å². The van der Waals surface area contributed by atoms with E-state index < -0.39 is 0 Å². The summed E-state index contributed by atoms with van der Waals surface area (Å²) in [6, 6.07) is 16.6. The molecular formula is C24H23N3O3. The highest BCUT2D eigenvalue weighted by atomic mass is 16.5. The maximum absolute atomic E-state index is 12.7. The van der Waals surface area contributed by atoms with Gasteiger partial charge in [0, 0.05) is 44.3 Å². The van der Waals surface area contributed by atoms with Gasteiger partial charge in [0.25, 0.3) is 5.91 Å². The molecule has 152 valence electrons.